The normalized spacial score (nSPS) is 10.7. The average molecular weight is 385 g/mol. The van der Waals surface area contributed by atoms with Crippen LogP contribution in [0.5, 0.6) is 11.5 Å². The third-order valence-electron chi connectivity index (χ3n) is 4.47. The minimum atomic E-state index is -0.322. The predicted octanol–water partition coefficient (Wildman–Crippen LogP) is 4.14. The van der Waals surface area contributed by atoms with Crippen molar-refractivity contribution in [3.8, 4) is 11.5 Å². The number of anilines is 1. The minimum absolute atomic E-state index is 0.126. The Bertz CT molecular complexity index is 1230. The summed E-state index contributed by atoms with van der Waals surface area (Å²) in [5.41, 5.74) is 1.92. The fourth-order valence-electron chi connectivity index (χ4n) is 3.07. The Hall–Kier alpha value is -3.93. The van der Waals surface area contributed by atoms with Crippen molar-refractivity contribution in [3.05, 3.63) is 95.0 Å². The zero-order chi connectivity index (χ0) is 20.2. The van der Waals surface area contributed by atoms with E-state index in [0.717, 1.165) is 5.56 Å². The van der Waals surface area contributed by atoms with E-state index in [-0.39, 0.29) is 18.0 Å². The Morgan fingerprint density at radius 3 is 2.59 bits per heavy atom. The molecule has 1 amide bonds. The van der Waals surface area contributed by atoms with Gasteiger partial charge in [-0.25, -0.2) is 4.98 Å². The molecule has 0 radical (unpaired) electrons. The number of carbonyl (C=O) groups is 1. The van der Waals surface area contributed by atoms with Gasteiger partial charge in [0.25, 0.3) is 5.56 Å². The number of amides is 1. The molecule has 0 unspecified atom stereocenters. The predicted molar refractivity (Wildman–Crippen MR) is 112 cm³/mol. The van der Waals surface area contributed by atoms with Crippen molar-refractivity contribution in [1.29, 1.82) is 0 Å². The zero-order valence-corrected chi connectivity index (χ0v) is 15.8. The highest BCUT2D eigenvalue weighted by molar-refractivity contribution is 5.91. The molecule has 0 aliphatic rings. The fraction of sp³-hybridized carbons (Fsp3) is 0.0870. The molecule has 0 bridgehead atoms. The van der Waals surface area contributed by atoms with Crippen LogP contribution in [-0.4, -0.2) is 15.5 Å². The summed E-state index contributed by atoms with van der Waals surface area (Å²) >= 11 is 0. The van der Waals surface area contributed by atoms with Gasteiger partial charge in [-0.3, -0.25) is 14.2 Å². The number of hydrogen-bond acceptors (Lipinski definition) is 4. The van der Waals surface area contributed by atoms with Crippen LogP contribution in [0.25, 0.3) is 10.9 Å². The van der Waals surface area contributed by atoms with E-state index in [9.17, 15) is 9.59 Å². The van der Waals surface area contributed by atoms with Crippen LogP contribution in [0.1, 0.15) is 5.56 Å². The van der Waals surface area contributed by atoms with Crippen LogP contribution in [0.15, 0.2) is 83.9 Å². The summed E-state index contributed by atoms with van der Waals surface area (Å²) in [7, 11) is 0. The Morgan fingerprint density at radius 1 is 1.00 bits per heavy atom. The standard InChI is InChI=1S/C23H19N3O3/c1-16-7-5-12-20-22(16)24-15-26(23(20)28)14-21(27)25-17-8-6-11-19(13-17)29-18-9-3-2-4-10-18/h2-13,15H,14H2,1H3,(H,25,27). The number of carbonyl (C=O) groups excluding carboxylic acids is 1. The van der Waals surface area contributed by atoms with Crippen molar-refractivity contribution >= 4 is 22.5 Å². The second-order valence-corrected chi connectivity index (χ2v) is 6.64. The highest BCUT2D eigenvalue weighted by Gasteiger charge is 2.10. The van der Waals surface area contributed by atoms with Gasteiger partial charge in [0, 0.05) is 11.8 Å². The molecule has 6 nitrogen and oxygen atoms in total. The van der Waals surface area contributed by atoms with Gasteiger partial charge in [-0.05, 0) is 42.8 Å². The minimum Gasteiger partial charge on any atom is -0.457 e. The Balaban J connectivity index is 1.49. The van der Waals surface area contributed by atoms with E-state index < -0.39 is 0 Å². The third-order valence-corrected chi connectivity index (χ3v) is 4.47. The number of fused-ring (bicyclic) bond motifs is 1. The van der Waals surface area contributed by atoms with E-state index in [2.05, 4.69) is 10.3 Å². The van der Waals surface area contributed by atoms with Gasteiger partial charge in [0.05, 0.1) is 17.2 Å². The molecular formula is C23H19N3O3. The van der Waals surface area contributed by atoms with Gasteiger partial charge in [0.15, 0.2) is 0 Å². The SMILES string of the molecule is Cc1cccc2c(=O)n(CC(=O)Nc3cccc(Oc4ccccc4)c3)cnc12. The first-order chi connectivity index (χ1) is 14.1. The van der Waals surface area contributed by atoms with Crippen molar-refractivity contribution in [2.75, 3.05) is 5.32 Å². The molecule has 0 spiro atoms. The first kappa shape index (κ1) is 18.4. The smallest absolute Gasteiger partial charge is 0.261 e. The maximum absolute atomic E-state index is 12.6. The highest BCUT2D eigenvalue weighted by Crippen LogP contribution is 2.23. The Morgan fingerprint density at radius 2 is 1.76 bits per heavy atom. The lowest BCUT2D eigenvalue weighted by Gasteiger charge is -2.10. The molecule has 1 N–H and O–H groups in total. The van der Waals surface area contributed by atoms with Crippen molar-refractivity contribution in [3.63, 3.8) is 0 Å². The van der Waals surface area contributed by atoms with Crippen LogP contribution in [0, 0.1) is 6.92 Å². The monoisotopic (exact) mass is 385 g/mol. The molecule has 0 saturated heterocycles. The number of rotatable bonds is 5. The molecule has 0 saturated carbocycles. The van der Waals surface area contributed by atoms with E-state index in [0.29, 0.717) is 28.1 Å². The number of aromatic nitrogens is 2. The number of hydrogen-bond donors (Lipinski definition) is 1. The molecular weight excluding hydrogens is 366 g/mol. The maximum Gasteiger partial charge on any atom is 0.261 e. The average Bonchev–Trinajstić information content (AvgIpc) is 2.72. The van der Waals surface area contributed by atoms with Crippen LogP contribution < -0.4 is 15.6 Å². The molecule has 0 atom stereocenters. The van der Waals surface area contributed by atoms with Crippen LogP contribution in [-0.2, 0) is 11.3 Å². The van der Waals surface area contributed by atoms with Gasteiger partial charge in [-0.15, -0.1) is 0 Å². The van der Waals surface area contributed by atoms with E-state index in [1.807, 2.05) is 55.5 Å². The van der Waals surface area contributed by atoms with Crippen LogP contribution in [0.2, 0.25) is 0 Å². The van der Waals surface area contributed by atoms with Gasteiger partial charge < -0.3 is 10.1 Å². The van der Waals surface area contributed by atoms with Crippen LogP contribution >= 0.6 is 0 Å². The number of aryl methyl sites for hydroxylation is 1. The molecule has 0 fully saturated rings. The lowest BCUT2D eigenvalue weighted by atomic mass is 10.1. The molecule has 0 aliphatic heterocycles. The molecule has 1 aromatic heterocycles. The summed E-state index contributed by atoms with van der Waals surface area (Å²) in [5, 5.41) is 3.30. The van der Waals surface area contributed by atoms with Gasteiger partial charge in [0.2, 0.25) is 5.91 Å². The largest absolute Gasteiger partial charge is 0.457 e. The van der Waals surface area contributed by atoms with Crippen LogP contribution in [0.3, 0.4) is 0 Å². The third kappa shape index (κ3) is 4.16. The second kappa shape index (κ2) is 7.98. The van der Waals surface area contributed by atoms with E-state index >= 15 is 0 Å². The molecule has 1 heterocycles. The van der Waals surface area contributed by atoms with Crippen molar-refractivity contribution < 1.29 is 9.53 Å². The number of nitrogens with one attached hydrogen (secondary N) is 1. The maximum atomic E-state index is 12.6. The summed E-state index contributed by atoms with van der Waals surface area (Å²) in [6.45, 7) is 1.77. The van der Waals surface area contributed by atoms with E-state index in [1.165, 1.54) is 10.9 Å². The van der Waals surface area contributed by atoms with Gasteiger partial charge in [-0.2, -0.15) is 0 Å². The van der Waals surface area contributed by atoms with E-state index in [1.54, 1.807) is 24.3 Å². The summed E-state index contributed by atoms with van der Waals surface area (Å²) in [4.78, 5) is 29.4. The number of benzene rings is 3. The van der Waals surface area contributed by atoms with E-state index in [4.69, 9.17) is 4.74 Å². The fourth-order valence-corrected chi connectivity index (χ4v) is 3.07. The number of para-hydroxylation sites is 2. The topological polar surface area (TPSA) is 73.2 Å². The van der Waals surface area contributed by atoms with Gasteiger partial charge >= 0.3 is 0 Å². The number of ether oxygens (including phenoxy) is 1. The lowest BCUT2D eigenvalue weighted by molar-refractivity contribution is -0.116. The van der Waals surface area contributed by atoms with Gasteiger partial charge in [-0.1, -0.05) is 36.4 Å². The van der Waals surface area contributed by atoms with Crippen molar-refractivity contribution in [2.24, 2.45) is 0 Å². The molecule has 0 aliphatic carbocycles. The quantitative estimate of drug-likeness (QED) is 0.560. The molecule has 144 valence electrons. The Kier molecular flexibility index (Phi) is 5.07. The molecule has 29 heavy (non-hydrogen) atoms. The zero-order valence-electron chi connectivity index (χ0n) is 15.8. The second-order valence-electron chi connectivity index (χ2n) is 6.64. The highest BCUT2D eigenvalue weighted by atomic mass is 16.5. The molecule has 6 heteroatoms. The molecule has 4 aromatic rings. The van der Waals surface area contributed by atoms with Crippen LogP contribution in [0.4, 0.5) is 5.69 Å². The first-order valence-corrected chi connectivity index (χ1v) is 9.18. The lowest BCUT2D eigenvalue weighted by Crippen LogP contribution is -2.28. The Labute approximate surface area is 167 Å². The summed E-state index contributed by atoms with van der Waals surface area (Å²) in [6.07, 6.45) is 1.41. The summed E-state index contributed by atoms with van der Waals surface area (Å²) in [5.74, 6) is 0.992. The van der Waals surface area contributed by atoms with Gasteiger partial charge in [0.1, 0.15) is 18.0 Å². The first-order valence-electron chi connectivity index (χ1n) is 9.18. The molecule has 4 rings (SSSR count). The van der Waals surface area contributed by atoms with Crippen molar-refractivity contribution in [2.45, 2.75) is 13.5 Å². The summed E-state index contributed by atoms with van der Waals surface area (Å²) in [6, 6.07) is 21.9. The molecule has 3 aromatic carbocycles. The van der Waals surface area contributed by atoms with Crippen molar-refractivity contribution in [1.82, 2.24) is 9.55 Å². The summed E-state index contributed by atoms with van der Waals surface area (Å²) < 4.78 is 7.09. The number of nitrogens with zero attached hydrogens (tertiary/aromatic N) is 2.